The highest BCUT2D eigenvalue weighted by Crippen LogP contribution is 2.73. The molecular formula is C32H45NO7. The number of nitrogens with two attached hydrogens (primary N) is 1. The lowest BCUT2D eigenvalue weighted by molar-refractivity contribution is -0.179. The van der Waals surface area contributed by atoms with Gasteiger partial charge in [-0.15, -0.1) is 0 Å². The van der Waals surface area contributed by atoms with Crippen molar-refractivity contribution >= 4 is 23.3 Å². The van der Waals surface area contributed by atoms with Gasteiger partial charge in [-0.25, -0.2) is 0 Å². The number of aliphatic hydroxyl groups is 2. The summed E-state index contributed by atoms with van der Waals surface area (Å²) >= 11 is 0. The van der Waals surface area contributed by atoms with Crippen LogP contribution in [0.3, 0.4) is 0 Å². The molecule has 0 spiro atoms. The zero-order valence-electron chi connectivity index (χ0n) is 25.3. The Morgan fingerprint density at radius 1 is 1.10 bits per heavy atom. The van der Waals surface area contributed by atoms with E-state index in [-0.39, 0.29) is 35.5 Å². The molecule has 0 aromatic heterocycles. The van der Waals surface area contributed by atoms with E-state index < -0.39 is 56.6 Å². The summed E-state index contributed by atoms with van der Waals surface area (Å²) in [6.45, 7) is 15.6. The molecule has 4 rings (SSSR count). The minimum atomic E-state index is -1.98. The SMILES string of the molecule is CC(=O)OC(C)(C)/C=C/C(=O)[C@](C)(O)[C@H]1[C@H](O)C[C@@]2(C)C3CC=C4[C@@H](C=C(N)C(=O)C4(C)C)[C@]3(C)C(=O)C[C@]12C. The van der Waals surface area contributed by atoms with Gasteiger partial charge in [0.05, 0.1) is 17.2 Å². The second-order valence-electron chi connectivity index (χ2n) is 14.5. The Morgan fingerprint density at radius 3 is 2.27 bits per heavy atom. The number of rotatable bonds is 5. The molecule has 220 valence electrons. The van der Waals surface area contributed by atoms with Crippen LogP contribution in [-0.2, 0) is 23.9 Å². The molecule has 8 atom stereocenters. The van der Waals surface area contributed by atoms with Crippen molar-refractivity contribution in [1.29, 1.82) is 0 Å². The van der Waals surface area contributed by atoms with Gasteiger partial charge in [-0.1, -0.05) is 32.4 Å². The van der Waals surface area contributed by atoms with Crippen LogP contribution >= 0.6 is 0 Å². The number of hydrogen-bond donors (Lipinski definition) is 3. The molecule has 4 aliphatic carbocycles. The van der Waals surface area contributed by atoms with E-state index in [1.807, 2.05) is 27.7 Å². The number of allylic oxidation sites excluding steroid dienone is 4. The van der Waals surface area contributed by atoms with Crippen molar-refractivity contribution in [1.82, 2.24) is 0 Å². The van der Waals surface area contributed by atoms with Crippen LogP contribution in [-0.4, -0.2) is 50.8 Å². The summed E-state index contributed by atoms with van der Waals surface area (Å²) in [5, 5.41) is 23.3. The summed E-state index contributed by atoms with van der Waals surface area (Å²) in [6.07, 6.45) is 6.33. The van der Waals surface area contributed by atoms with E-state index >= 15 is 0 Å². The Bertz CT molecular complexity index is 1270. The summed E-state index contributed by atoms with van der Waals surface area (Å²) in [5.41, 5.74) is 1.04. The van der Waals surface area contributed by atoms with E-state index in [9.17, 15) is 29.4 Å². The first-order chi connectivity index (χ1) is 18.1. The van der Waals surface area contributed by atoms with E-state index in [0.717, 1.165) is 5.57 Å². The van der Waals surface area contributed by atoms with Crippen molar-refractivity contribution in [3.8, 4) is 0 Å². The van der Waals surface area contributed by atoms with Gasteiger partial charge >= 0.3 is 5.97 Å². The first-order valence-corrected chi connectivity index (χ1v) is 14.2. The molecule has 0 aromatic carbocycles. The van der Waals surface area contributed by atoms with Crippen LogP contribution < -0.4 is 5.73 Å². The predicted octanol–water partition coefficient (Wildman–Crippen LogP) is 3.59. The normalized spacial score (nSPS) is 40.4. The molecule has 0 amide bonds. The quantitative estimate of drug-likeness (QED) is 0.265. The molecule has 40 heavy (non-hydrogen) atoms. The Kier molecular flexibility index (Phi) is 6.80. The van der Waals surface area contributed by atoms with Crippen LogP contribution in [0.2, 0.25) is 0 Å². The van der Waals surface area contributed by atoms with Crippen LogP contribution in [0.4, 0.5) is 0 Å². The minimum Gasteiger partial charge on any atom is -0.456 e. The van der Waals surface area contributed by atoms with Crippen LogP contribution in [0.15, 0.2) is 35.6 Å². The van der Waals surface area contributed by atoms with Gasteiger partial charge in [-0.2, -0.15) is 0 Å². The molecule has 2 saturated carbocycles. The zero-order chi connectivity index (χ0) is 30.4. The number of esters is 1. The molecule has 4 N–H and O–H groups in total. The first-order valence-electron chi connectivity index (χ1n) is 14.2. The predicted molar refractivity (Wildman–Crippen MR) is 149 cm³/mol. The van der Waals surface area contributed by atoms with E-state index in [1.165, 1.54) is 26.0 Å². The molecule has 4 aliphatic rings. The summed E-state index contributed by atoms with van der Waals surface area (Å²) in [6, 6.07) is 0. The highest BCUT2D eigenvalue weighted by atomic mass is 16.6. The minimum absolute atomic E-state index is 0.0174. The second-order valence-corrected chi connectivity index (χ2v) is 14.5. The highest BCUT2D eigenvalue weighted by Gasteiger charge is 2.74. The fourth-order valence-electron chi connectivity index (χ4n) is 9.04. The number of carbonyl (C=O) groups is 4. The maximum absolute atomic E-state index is 14.3. The van der Waals surface area contributed by atoms with Crippen LogP contribution in [0.5, 0.6) is 0 Å². The molecule has 0 saturated heterocycles. The molecule has 8 nitrogen and oxygen atoms in total. The molecule has 0 bridgehead atoms. The van der Waals surface area contributed by atoms with Crippen molar-refractivity contribution in [3.63, 3.8) is 0 Å². The zero-order valence-corrected chi connectivity index (χ0v) is 25.3. The van der Waals surface area contributed by atoms with E-state index in [1.54, 1.807) is 19.9 Å². The fourth-order valence-corrected chi connectivity index (χ4v) is 9.04. The van der Waals surface area contributed by atoms with Gasteiger partial charge in [-0.3, -0.25) is 19.2 Å². The fraction of sp³-hybridized carbons (Fsp3) is 0.688. The van der Waals surface area contributed by atoms with E-state index in [2.05, 4.69) is 13.0 Å². The largest absolute Gasteiger partial charge is 0.456 e. The van der Waals surface area contributed by atoms with Gasteiger partial charge in [0, 0.05) is 30.6 Å². The van der Waals surface area contributed by atoms with Gasteiger partial charge in [-0.05, 0) is 82.4 Å². The number of Topliss-reactive ketones (excluding diaryl/α,β-unsaturated/α-hetero) is 2. The van der Waals surface area contributed by atoms with Crippen molar-refractivity contribution in [2.24, 2.45) is 45.1 Å². The topological polar surface area (TPSA) is 144 Å². The van der Waals surface area contributed by atoms with Gasteiger partial charge < -0.3 is 20.7 Å². The summed E-state index contributed by atoms with van der Waals surface area (Å²) in [5.74, 6) is -2.77. The number of hydrogen-bond acceptors (Lipinski definition) is 8. The molecule has 1 unspecified atom stereocenters. The molecule has 0 aliphatic heterocycles. The summed E-state index contributed by atoms with van der Waals surface area (Å²) in [4.78, 5) is 52.1. The van der Waals surface area contributed by atoms with Crippen molar-refractivity contribution in [3.05, 3.63) is 35.6 Å². The molecule has 0 radical (unpaired) electrons. The van der Waals surface area contributed by atoms with Gasteiger partial charge in [0.15, 0.2) is 11.6 Å². The standard InChI is InChI=1S/C32H45NO7/c1-17(34)40-27(2,3)13-12-23(36)32(9,39)25-21(35)15-29(6)22-11-10-18-19(14-20(33)26(38)28(18,4)5)31(22,8)24(37)16-30(25,29)7/h10,12-14,19,21-22,25,35,39H,11,15-16,33H2,1-9H3/b13-12+/t19-,21-,22?,25+,29+,30-,31+,32+/m1/s1. The Labute approximate surface area is 237 Å². The van der Waals surface area contributed by atoms with E-state index in [4.69, 9.17) is 10.5 Å². The third-order valence-electron chi connectivity index (χ3n) is 11.2. The lowest BCUT2D eigenvalue weighted by Gasteiger charge is -2.63. The Hall–Kier alpha value is -2.58. The Balaban J connectivity index is 1.76. The van der Waals surface area contributed by atoms with Crippen LogP contribution in [0.1, 0.15) is 81.6 Å². The maximum atomic E-state index is 14.3. The molecule has 2 fully saturated rings. The molecule has 0 heterocycles. The highest BCUT2D eigenvalue weighted by molar-refractivity contribution is 6.03. The lowest BCUT2D eigenvalue weighted by Crippen LogP contribution is -2.64. The maximum Gasteiger partial charge on any atom is 0.303 e. The van der Waals surface area contributed by atoms with Gasteiger partial charge in [0.25, 0.3) is 0 Å². The number of ketones is 3. The summed E-state index contributed by atoms with van der Waals surface area (Å²) in [7, 11) is 0. The number of fused-ring (bicyclic) bond motifs is 5. The first kappa shape index (κ1) is 30.4. The molecule has 0 aromatic rings. The molecule has 8 heteroatoms. The van der Waals surface area contributed by atoms with Crippen LogP contribution in [0, 0.1) is 39.4 Å². The smallest absolute Gasteiger partial charge is 0.303 e. The third kappa shape index (κ3) is 4.00. The average molecular weight is 556 g/mol. The van der Waals surface area contributed by atoms with E-state index in [0.29, 0.717) is 12.8 Å². The Morgan fingerprint density at radius 2 is 1.70 bits per heavy atom. The van der Waals surface area contributed by atoms with Crippen molar-refractivity contribution in [2.45, 2.75) is 98.9 Å². The molecular weight excluding hydrogens is 510 g/mol. The lowest BCUT2D eigenvalue weighted by atomic mass is 9.39. The second kappa shape index (κ2) is 8.96. The van der Waals surface area contributed by atoms with Crippen molar-refractivity contribution < 1.29 is 34.1 Å². The number of aliphatic hydroxyl groups excluding tert-OH is 1. The van der Waals surface area contributed by atoms with Gasteiger partial charge in [0.1, 0.15) is 17.0 Å². The number of carbonyl (C=O) groups excluding carboxylic acids is 4. The average Bonchev–Trinajstić information content (AvgIpc) is 3.01. The monoisotopic (exact) mass is 555 g/mol. The van der Waals surface area contributed by atoms with Gasteiger partial charge in [0.2, 0.25) is 0 Å². The third-order valence-corrected chi connectivity index (χ3v) is 11.2. The van der Waals surface area contributed by atoms with Crippen molar-refractivity contribution in [2.75, 3.05) is 0 Å². The summed E-state index contributed by atoms with van der Waals surface area (Å²) < 4.78 is 5.23. The number of ether oxygens (including phenoxy) is 1. The van der Waals surface area contributed by atoms with Crippen LogP contribution in [0.25, 0.3) is 0 Å².